The minimum absolute atomic E-state index is 0.0442. The molecular weight excluding hydrogens is 583 g/mol. The molecule has 0 aliphatic carbocycles. The SMILES string of the molecule is CC[N+]1(CC)CCC(CCN2C(=O)CN(C(=O)c3ccc(Cl)s3)Cc3c(OC)cccc32)CC1.O=C([O-])C(F)(F)F. The van der Waals surface area contributed by atoms with Crippen LogP contribution in [0.4, 0.5) is 18.9 Å². The van der Waals surface area contributed by atoms with Gasteiger partial charge in [0.1, 0.15) is 18.3 Å². The number of fused-ring (bicyclic) bond motifs is 1. The summed E-state index contributed by atoms with van der Waals surface area (Å²) in [5.41, 5.74) is 1.73. The summed E-state index contributed by atoms with van der Waals surface area (Å²) in [6, 6.07) is 9.23. The van der Waals surface area contributed by atoms with Crippen molar-refractivity contribution >= 4 is 46.4 Å². The van der Waals surface area contributed by atoms with E-state index in [4.69, 9.17) is 26.2 Å². The van der Waals surface area contributed by atoms with Gasteiger partial charge < -0.3 is 28.9 Å². The maximum absolute atomic E-state index is 13.5. The first-order valence-electron chi connectivity index (χ1n) is 13.5. The number of likely N-dealkylation sites (tertiary alicyclic amines) is 1. The highest BCUT2D eigenvalue weighted by molar-refractivity contribution is 7.18. The number of carbonyl (C=O) groups excluding carboxylic acids is 3. The lowest BCUT2D eigenvalue weighted by atomic mass is 9.91. The Bertz CT molecular complexity index is 1220. The molecule has 0 spiro atoms. The Labute approximate surface area is 246 Å². The van der Waals surface area contributed by atoms with Gasteiger partial charge in [0.15, 0.2) is 0 Å². The number of anilines is 1. The van der Waals surface area contributed by atoms with Crippen molar-refractivity contribution in [3.05, 3.63) is 45.1 Å². The van der Waals surface area contributed by atoms with Gasteiger partial charge in [-0.2, -0.15) is 13.2 Å². The lowest BCUT2D eigenvalue weighted by Crippen LogP contribution is -2.52. The number of benzene rings is 1. The predicted octanol–water partition coefficient (Wildman–Crippen LogP) is 4.35. The highest BCUT2D eigenvalue weighted by atomic mass is 35.5. The molecule has 1 aromatic heterocycles. The van der Waals surface area contributed by atoms with Crippen molar-refractivity contribution in [3.63, 3.8) is 0 Å². The van der Waals surface area contributed by atoms with Crippen molar-refractivity contribution in [2.24, 2.45) is 5.92 Å². The molecule has 0 unspecified atom stereocenters. The van der Waals surface area contributed by atoms with Crippen molar-refractivity contribution in [2.75, 3.05) is 51.3 Å². The van der Waals surface area contributed by atoms with Gasteiger partial charge in [-0.3, -0.25) is 9.59 Å². The lowest BCUT2D eigenvalue weighted by molar-refractivity contribution is -0.930. The number of carbonyl (C=O) groups is 3. The van der Waals surface area contributed by atoms with E-state index in [9.17, 15) is 22.8 Å². The molecule has 1 aromatic carbocycles. The summed E-state index contributed by atoms with van der Waals surface area (Å²) in [7, 11) is 1.63. The van der Waals surface area contributed by atoms with Crippen LogP contribution in [0.25, 0.3) is 0 Å². The largest absolute Gasteiger partial charge is 0.542 e. The molecule has 2 aliphatic heterocycles. The van der Waals surface area contributed by atoms with E-state index in [1.54, 1.807) is 24.1 Å². The average Bonchev–Trinajstić information content (AvgIpc) is 3.33. The molecule has 2 amide bonds. The number of thiophene rings is 1. The van der Waals surface area contributed by atoms with Gasteiger partial charge in [-0.15, -0.1) is 11.3 Å². The Morgan fingerprint density at radius 3 is 2.27 bits per heavy atom. The van der Waals surface area contributed by atoms with Gasteiger partial charge in [0.2, 0.25) is 5.91 Å². The number of methoxy groups -OCH3 is 1. The summed E-state index contributed by atoms with van der Waals surface area (Å²) in [6.07, 6.45) is -1.80. The first kappa shape index (κ1) is 32.7. The maximum Gasteiger partial charge on any atom is 0.430 e. The van der Waals surface area contributed by atoms with Crippen molar-refractivity contribution < 1.29 is 41.9 Å². The van der Waals surface area contributed by atoms with Crippen LogP contribution in [0, 0.1) is 5.92 Å². The van der Waals surface area contributed by atoms with Crippen LogP contribution in [0.5, 0.6) is 5.75 Å². The standard InChI is InChI=1S/C26H35ClN3O3S.C2HF3O2/c1-4-30(5-2)15-12-19(13-16-30)11-14-29-21-7-6-8-22(33-3)20(21)17-28(18-25(29)31)26(32)23-9-10-24(27)34-23;3-2(4,5)1(6)7/h6-10,19H,4-5,11-18H2,1-3H3;(H,6,7)/q+1;/p-1. The number of ether oxygens (including phenoxy) is 1. The first-order valence-corrected chi connectivity index (χ1v) is 14.7. The third-order valence-electron chi connectivity index (χ3n) is 8.02. The summed E-state index contributed by atoms with van der Waals surface area (Å²) in [4.78, 5) is 39.5. The van der Waals surface area contributed by atoms with Gasteiger partial charge in [-0.25, -0.2) is 0 Å². The number of carboxylic acid groups (broad SMARTS) is 1. The van der Waals surface area contributed by atoms with E-state index in [0.717, 1.165) is 17.7 Å². The van der Waals surface area contributed by atoms with Crippen LogP contribution in [-0.2, 0) is 16.1 Å². The quantitative estimate of drug-likeness (QED) is 0.431. The number of hydrogen-bond acceptors (Lipinski definition) is 6. The van der Waals surface area contributed by atoms with E-state index in [1.807, 2.05) is 23.1 Å². The molecule has 41 heavy (non-hydrogen) atoms. The molecule has 2 aromatic rings. The van der Waals surface area contributed by atoms with Crippen molar-refractivity contribution in [2.45, 2.75) is 45.8 Å². The number of halogens is 4. The van der Waals surface area contributed by atoms with Gasteiger partial charge in [0.25, 0.3) is 5.91 Å². The van der Waals surface area contributed by atoms with Crippen LogP contribution >= 0.6 is 22.9 Å². The highest BCUT2D eigenvalue weighted by Crippen LogP contribution is 2.35. The van der Waals surface area contributed by atoms with E-state index in [2.05, 4.69) is 13.8 Å². The second kappa shape index (κ2) is 13.9. The van der Waals surface area contributed by atoms with Gasteiger partial charge in [0.05, 0.1) is 54.7 Å². The Balaban J connectivity index is 0.000000587. The molecule has 8 nitrogen and oxygen atoms in total. The van der Waals surface area contributed by atoms with Gasteiger partial charge >= 0.3 is 6.18 Å². The predicted molar refractivity (Wildman–Crippen MR) is 149 cm³/mol. The fourth-order valence-corrected chi connectivity index (χ4v) is 6.40. The summed E-state index contributed by atoms with van der Waals surface area (Å²) in [5, 5.41) is 8.78. The van der Waals surface area contributed by atoms with E-state index < -0.39 is 12.1 Å². The summed E-state index contributed by atoms with van der Waals surface area (Å²) >= 11 is 7.30. The Hall–Kier alpha value is -2.83. The monoisotopic (exact) mass is 617 g/mol. The van der Waals surface area contributed by atoms with E-state index in [1.165, 1.54) is 54.8 Å². The lowest BCUT2D eigenvalue weighted by Gasteiger charge is -2.42. The van der Waals surface area contributed by atoms with Crippen molar-refractivity contribution in [3.8, 4) is 5.75 Å². The second-order valence-electron chi connectivity index (χ2n) is 10.2. The van der Waals surface area contributed by atoms with Gasteiger partial charge in [0, 0.05) is 12.1 Å². The molecular formula is C28H35ClF3N3O5S. The zero-order valence-electron chi connectivity index (χ0n) is 23.3. The maximum atomic E-state index is 13.5. The second-order valence-corrected chi connectivity index (χ2v) is 11.9. The van der Waals surface area contributed by atoms with E-state index in [-0.39, 0.29) is 18.4 Å². The Morgan fingerprint density at radius 2 is 1.76 bits per heavy atom. The number of amides is 2. The average molecular weight is 618 g/mol. The van der Waals surface area contributed by atoms with Crippen molar-refractivity contribution in [1.29, 1.82) is 0 Å². The van der Waals surface area contributed by atoms with Crippen molar-refractivity contribution in [1.82, 2.24) is 4.90 Å². The summed E-state index contributed by atoms with van der Waals surface area (Å²) in [5.74, 6) is -1.91. The van der Waals surface area contributed by atoms with Crippen LogP contribution in [0.3, 0.4) is 0 Å². The van der Waals surface area contributed by atoms with E-state index >= 15 is 0 Å². The third kappa shape index (κ3) is 8.14. The zero-order chi connectivity index (χ0) is 30.4. The fraction of sp³-hybridized carbons (Fsp3) is 0.536. The molecule has 13 heteroatoms. The molecule has 0 N–H and O–H groups in total. The Morgan fingerprint density at radius 1 is 1.12 bits per heavy atom. The first-order chi connectivity index (χ1) is 19.3. The molecule has 0 saturated carbocycles. The van der Waals surface area contributed by atoms with Gasteiger partial charge in [-0.1, -0.05) is 17.7 Å². The zero-order valence-corrected chi connectivity index (χ0v) is 24.9. The molecule has 226 valence electrons. The highest BCUT2D eigenvalue weighted by Gasteiger charge is 2.34. The molecule has 1 fully saturated rings. The minimum atomic E-state index is -5.19. The number of quaternary nitrogens is 1. The number of rotatable bonds is 7. The molecule has 2 aliphatic rings. The molecule has 0 atom stereocenters. The number of carboxylic acids is 1. The van der Waals surface area contributed by atoms with Crippen LogP contribution in [0.2, 0.25) is 4.34 Å². The third-order valence-corrected chi connectivity index (χ3v) is 9.24. The van der Waals surface area contributed by atoms with Crippen LogP contribution in [0.1, 0.15) is 48.3 Å². The Kier molecular flexibility index (Phi) is 11.1. The molecule has 4 rings (SSSR count). The molecule has 0 radical (unpaired) electrons. The molecule has 3 heterocycles. The minimum Gasteiger partial charge on any atom is -0.542 e. The topological polar surface area (TPSA) is 90.0 Å². The normalized spacial score (nSPS) is 17.3. The number of hydrogen-bond donors (Lipinski definition) is 0. The number of aliphatic carboxylic acids is 1. The van der Waals surface area contributed by atoms with Crippen LogP contribution in [0.15, 0.2) is 30.3 Å². The van der Waals surface area contributed by atoms with Crippen LogP contribution in [-0.4, -0.2) is 79.7 Å². The summed E-state index contributed by atoms with van der Waals surface area (Å²) in [6.45, 7) is 10.5. The summed E-state index contributed by atoms with van der Waals surface area (Å²) < 4.78 is 39.0. The number of nitrogens with zero attached hydrogens (tertiary/aromatic N) is 3. The number of piperidine rings is 1. The van der Waals surface area contributed by atoms with E-state index in [0.29, 0.717) is 34.0 Å². The smallest absolute Gasteiger partial charge is 0.430 e. The molecule has 0 bridgehead atoms. The van der Waals surface area contributed by atoms with Crippen LogP contribution < -0.4 is 14.7 Å². The van der Waals surface area contributed by atoms with Gasteiger partial charge in [-0.05, 0) is 63.3 Å². The fourth-order valence-electron chi connectivity index (χ4n) is 5.39. The number of alkyl halides is 3. The molecule has 1 saturated heterocycles.